The third kappa shape index (κ3) is 6.47. The van der Waals surface area contributed by atoms with Gasteiger partial charge in [0.2, 0.25) is 0 Å². The van der Waals surface area contributed by atoms with E-state index < -0.39 is 39.2 Å². The molecule has 1 aromatic carbocycles. The van der Waals surface area contributed by atoms with Crippen molar-refractivity contribution in [3.8, 4) is 27.6 Å². The van der Waals surface area contributed by atoms with Gasteiger partial charge in [0.1, 0.15) is 28.5 Å². The second kappa shape index (κ2) is 9.71. The lowest BCUT2D eigenvalue weighted by atomic mass is 10.0. The first kappa shape index (κ1) is 28.7. The highest BCUT2D eigenvalue weighted by Crippen LogP contribution is 2.35. The molecule has 0 atom stereocenters. The number of aromatic nitrogens is 4. The van der Waals surface area contributed by atoms with Gasteiger partial charge in [0.15, 0.2) is 4.21 Å². The number of pyridine rings is 1. The molecule has 208 valence electrons. The Kier molecular flexibility index (Phi) is 7.15. The van der Waals surface area contributed by atoms with Crippen LogP contribution in [0.1, 0.15) is 37.7 Å². The molecule has 0 unspecified atom stereocenters. The van der Waals surface area contributed by atoms with E-state index in [0.29, 0.717) is 0 Å². The first-order valence-electron chi connectivity index (χ1n) is 11.2. The molecule has 3 aromatic heterocycles. The van der Waals surface area contributed by atoms with Crippen LogP contribution in [0.15, 0.2) is 53.1 Å². The summed E-state index contributed by atoms with van der Waals surface area (Å²) in [6.45, 7) is 6.57. The summed E-state index contributed by atoms with van der Waals surface area (Å²) >= 11 is 0.850. The number of alkyl halides is 6. The van der Waals surface area contributed by atoms with E-state index in [1.54, 1.807) is 20.8 Å². The number of aryl methyl sites for hydroxylation is 1. The van der Waals surface area contributed by atoms with Gasteiger partial charge in [-0.25, -0.2) is 28.1 Å². The Labute approximate surface area is 223 Å². The van der Waals surface area contributed by atoms with Gasteiger partial charge in [-0.1, -0.05) is 23.5 Å². The van der Waals surface area contributed by atoms with Crippen LogP contribution in [-0.4, -0.2) is 33.5 Å². The van der Waals surface area contributed by atoms with E-state index in [1.165, 1.54) is 30.1 Å². The zero-order valence-electron chi connectivity index (χ0n) is 20.8. The van der Waals surface area contributed by atoms with Crippen molar-refractivity contribution in [2.45, 2.75) is 49.8 Å². The lowest BCUT2D eigenvalue weighted by Crippen LogP contribution is -2.40. The molecule has 0 amide bonds. The van der Waals surface area contributed by atoms with Crippen LogP contribution in [0.25, 0.3) is 27.6 Å². The number of imidazole rings is 1. The molecule has 0 saturated heterocycles. The van der Waals surface area contributed by atoms with Crippen LogP contribution in [0.4, 0.5) is 26.3 Å². The number of halogens is 6. The van der Waals surface area contributed by atoms with Crippen LogP contribution >= 0.6 is 11.3 Å². The third-order valence-corrected chi connectivity index (χ3v) is 8.70. The summed E-state index contributed by atoms with van der Waals surface area (Å²) < 4.78 is 109. The maximum absolute atomic E-state index is 13.6. The predicted molar refractivity (Wildman–Crippen MR) is 133 cm³/mol. The SMILES string of the molecule is Cc1nc(-c2cn(-c3cc(-c4ccc(C(F)(F)F)cc4)cc(C(F)(F)F)n3)cn2)sc1S(=O)(=O)NC(C)(C)C. The average molecular weight is 590 g/mol. The maximum atomic E-state index is 13.6. The predicted octanol–water partition coefficient (Wildman–Crippen LogP) is 6.48. The van der Waals surface area contributed by atoms with Gasteiger partial charge >= 0.3 is 12.4 Å². The highest BCUT2D eigenvalue weighted by atomic mass is 32.2. The number of nitrogens with zero attached hydrogens (tertiary/aromatic N) is 4. The monoisotopic (exact) mass is 589 g/mol. The smallest absolute Gasteiger partial charge is 0.290 e. The van der Waals surface area contributed by atoms with Gasteiger partial charge in [-0.2, -0.15) is 26.3 Å². The summed E-state index contributed by atoms with van der Waals surface area (Å²) in [4.78, 5) is 12.1. The van der Waals surface area contributed by atoms with Crippen LogP contribution in [0, 0.1) is 6.92 Å². The van der Waals surface area contributed by atoms with Crippen LogP contribution < -0.4 is 4.72 Å². The summed E-state index contributed by atoms with van der Waals surface area (Å²) in [6.07, 6.45) is -6.91. The van der Waals surface area contributed by atoms with E-state index in [0.717, 1.165) is 41.7 Å². The second-order valence-electron chi connectivity index (χ2n) is 9.59. The van der Waals surface area contributed by atoms with Crippen LogP contribution in [-0.2, 0) is 22.4 Å². The van der Waals surface area contributed by atoms with Gasteiger partial charge in [0.25, 0.3) is 10.0 Å². The van der Waals surface area contributed by atoms with Crippen molar-refractivity contribution in [1.29, 1.82) is 0 Å². The van der Waals surface area contributed by atoms with Crippen molar-refractivity contribution in [2.75, 3.05) is 0 Å². The fraction of sp³-hybridized carbons (Fsp3) is 0.292. The van der Waals surface area contributed by atoms with E-state index in [1.807, 2.05) is 0 Å². The molecule has 39 heavy (non-hydrogen) atoms. The van der Waals surface area contributed by atoms with Crippen molar-refractivity contribution in [2.24, 2.45) is 0 Å². The molecular weight excluding hydrogens is 568 g/mol. The van der Waals surface area contributed by atoms with Crippen molar-refractivity contribution in [3.05, 3.63) is 65.9 Å². The number of nitrogens with one attached hydrogen (secondary N) is 1. The summed E-state index contributed by atoms with van der Waals surface area (Å²) in [5.74, 6) is -0.200. The molecular formula is C24H21F6N5O2S2. The molecule has 0 saturated carbocycles. The Morgan fingerprint density at radius 3 is 2.10 bits per heavy atom. The fourth-order valence-electron chi connectivity index (χ4n) is 3.56. The van der Waals surface area contributed by atoms with Crippen molar-refractivity contribution >= 4 is 21.4 Å². The fourth-order valence-corrected chi connectivity index (χ4v) is 6.46. The normalized spacial score (nSPS) is 13.2. The number of hydrogen-bond acceptors (Lipinski definition) is 6. The standard InChI is InChI=1S/C24H21F6N5O2S2/c1-13-21(39(36,37)34-22(2,3)4)38-20(32-13)17-11-35(12-31-17)19-10-15(9-18(33-19)24(28,29)30)14-5-7-16(8-6-14)23(25,26)27/h5-12,34H,1-4H3. The zero-order chi connectivity index (χ0) is 29.0. The summed E-state index contributed by atoms with van der Waals surface area (Å²) in [5.41, 5.74) is -2.40. The molecule has 0 fully saturated rings. The minimum Gasteiger partial charge on any atom is -0.290 e. The molecule has 0 aliphatic heterocycles. The molecule has 3 heterocycles. The minimum absolute atomic E-state index is 0.0111. The van der Waals surface area contributed by atoms with Gasteiger partial charge in [-0.3, -0.25) is 4.57 Å². The van der Waals surface area contributed by atoms with E-state index in [9.17, 15) is 34.8 Å². The van der Waals surface area contributed by atoms with Crippen molar-refractivity contribution < 1.29 is 34.8 Å². The molecule has 0 aliphatic carbocycles. The molecule has 15 heteroatoms. The number of hydrogen-bond donors (Lipinski definition) is 1. The average Bonchev–Trinajstić information content (AvgIpc) is 3.43. The Hall–Kier alpha value is -3.30. The Bertz CT molecular complexity index is 1620. The number of rotatable bonds is 5. The van der Waals surface area contributed by atoms with Gasteiger partial charge in [-0.05, 0) is 63.1 Å². The molecule has 0 bridgehead atoms. The van der Waals surface area contributed by atoms with Crippen LogP contribution in [0.5, 0.6) is 0 Å². The van der Waals surface area contributed by atoms with Crippen LogP contribution in [0.2, 0.25) is 0 Å². The number of thiazole rings is 1. The first-order valence-corrected chi connectivity index (χ1v) is 13.5. The van der Waals surface area contributed by atoms with E-state index in [4.69, 9.17) is 0 Å². The highest BCUT2D eigenvalue weighted by Gasteiger charge is 2.34. The lowest BCUT2D eigenvalue weighted by molar-refractivity contribution is -0.141. The summed E-state index contributed by atoms with van der Waals surface area (Å²) in [7, 11) is -3.89. The van der Waals surface area contributed by atoms with E-state index in [-0.39, 0.29) is 37.5 Å². The van der Waals surface area contributed by atoms with Crippen molar-refractivity contribution in [1.82, 2.24) is 24.2 Å². The molecule has 7 nitrogen and oxygen atoms in total. The summed E-state index contributed by atoms with van der Waals surface area (Å²) in [5, 5.41) is 0.218. The topological polar surface area (TPSA) is 89.8 Å². The zero-order valence-corrected chi connectivity index (χ0v) is 22.4. The molecule has 4 rings (SSSR count). The maximum Gasteiger partial charge on any atom is 0.433 e. The quantitative estimate of drug-likeness (QED) is 0.269. The van der Waals surface area contributed by atoms with Gasteiger partial charge in [0, 0.05) is 11.7 Å². The third-order valence-electron chi connectivity index (χ3n) is 5.15. The van der Waals surface area contributed by atoms with Gasteiger partial charge < -0.3 is 0 Å². The van der Waals surface area contributed by atoms with Gasteiger partial charge in [0.05, 0.1) is 11.3 Å². The molecule has 0 spiro atoms. The summed E-state index contributed by atoms with van der Waals surface area (Å²) in [6, 6.07) is 5.74. The number of benzene rings is 1. The molecule has 4 aromatic rings. The van der Waals surface area contributed by atoms with E-state index >= 15 is 0 Å². The Balaban J connectivity index is 1.74. The molecule has 1 N–H and O–H groups in total. The Morgan fingerprint density at radius 1 is 0.897 bits per heavy atom. The highest BCUT2D eigenvalue weighted by molar-refractivity contribution is 7.91. The van der Waals surface area contributed by atoms with Gasteiger partial charge in [-0.15, -0.1) is 0 Å². The van der Waals surface area contributed by atoms with E-state index in [2.05, 4.69) is 19.7 Å². The Morgan fingerprint density at radius 2 is 1.54 bits per heavy atom. The first-order chi connectivity index (χ1) is 17.8. The second-order valence-corrected chi connectivity index (χ2v) is 12.5. The largest absolute Gasteiger partial charge is 0.433 e. The molecule has 0 aliphatic rings. The lowest BCUT2D eigenvalue weighted by Gasteiger charge is -2.19. The minimum atomic E-state index is -4.84. The van der Waals surface area contributed by atoms with Crippen LogP contribution in [0.3, 0.4) is 0 Å². The number of sulfonamides is 1. The van der Waals surface area contributed by atoms with Crippen molar-refractivity contribution in [3.63, 3.8) is 0 Å². The molecule has 0 radical (unpaired) electrons.